The molecular weight excluding hydrogens is 282 g/mol. The zero-order valence-corrected chi connectivity index (χ0v) is 12.7. The summed E-state index contributed by atoms with van der Waals surface area (Å²) in [4.78, 5) is 14.1. The largest absolute Gasteiger partial charge is 0.497 e. The molecule has 1 aliphatic heterocycles. The Morgan fingerprint density at radius 3 is 2.76 bits per heavy atom. The summed E-state index contributed by atoms with van der Waals surface area (Å²) in [6.45, 7) is 0.614. The minimum absolute atomic E-state index is 0.102. The molecule has 0 aromatic heterocycles. The average molecular weight is 299 g/mol. The van der Waals surface area contributed by atoms with Crippen LogP contribution in [0.4, 0.5) is 0 Å². The predicted molar refractivity (Wildman–Crippen MR) is 85.2 cm³/mol. The first-order valence-corrected chi connectivity index (χ1v) is 7.92. The van der Waals surface area contributed by atoms with Gasteiger partial charge in [0.05, 0.1) is 12.9 Å². The first kappa shape index (κ1) is 14.0. The van der Waals surface area contributed by atoms with E-state index in [1.165, 1.54) is 5.56 Å². The van der Waals surface area contributed by atoms with Crippen LogP contribution in [0.1, 0.15) is 16.5 Å². The Morgan fingerprint density at radius 1 is 1.19 bits per heavy atom. The number of thioether (sulfide) groups is 1. The van der Waals surface area contributed by atoms with Gasteiger partial charge in [0.15, 0.2) is 0 Å². The minimum Gasteiger partial charge on any atom is -0.497 e. The van der Waals surface area contributed by atoms with Gasteiger partial charge < -0.3 is 9.64 Å². The summed E-state index contributed by atoms with van der Waals surface area (Å²) in [5.41, 5.74) is 2.27. The number of methoxy groups -OCH3 is 1. The summed E-state index contributed by atoms with van der Waals surface area (Å²) in [5.74, 6) is 1.56. The van der Waals surface area contributed by atoms with Gasteiger partial charge >= 0.3 is 0 Å². The highest BCUT2D eigenvalue weighted by Gasteiger charge is 2.32. The normalized spacial score (nSPS) is 18.0. The van der Waals surface area contributed by atoms with E-state index in [1.807, 2.05) is 47.4 Å². The molecule has 1 unspecified atom stereocenters. The zero-order valence-electron chi connectivity index (χ0n) is 11.9. The van der Waals surface area contributed by atoms with Crippen molar-refractivity contribution in [2.24, 2.45) is 0 Å². The molecule has 1 fully saturated rings. The molecule has 3 rings (SSSR count). The Kier molecular flexibility index (Phi) is 4.15. The van der Waals surface area contributed by atoms with E-state index in [9.17, 15) is 4.79 Å². The topological polar surface area (TPSA) is 29.5 Å². The number of nitrogens with zero attached hydrogens (tertiary/aromatic N) is 1. The van der Waals surface area contributed by atoms with Crippen molar-refractivity contribution in [3.8, 4) is 5.75 Å². The SMILES string of the molecule is COc1cccc(CN2C(=O)CSC2c2ccccc2)c1. The average Bonchev–Trinajstić information content (AvgIpc) is 2.89. The standard InChI is InChI=1S/C17H17NO2S/c1-20-15-9-5-6-13(10-15)11-18-16(19)12-21-17(18)14-7-3-2-4-8-14/h2-10,17H,11-12H2,1H3. The van der Waals surface area contributed by atoms with Crippen LogP contribution in [0, 0.1) is 0 Å². The lowest BCUT2D eigenvalue weighted by Crippen LogP contribution is -2.27. The van der Waals surface area contributed by atoms with Crippen molar-refractivity contribution in [2.75, 3.05) is 12.9 Å². The zero-order chi connectivity index (χ0) is 14.7. The Balaban J connectivity index is 1.83. The molecule has 2 aromatic rings. The third kappa shape index (κ3) is 3.05. The van der Waals surface area contributed by atoms with E-state index in [1.54, 1.807) is 18.9 Å². The maximum atomic E-state index is 12.2. The Bertz CT molecular complexity index is 630. The van der Waals surface area contributed by atoms with Crippen LogP contribution >= 0.6 is 11.8 Å². The van der Waals surface area contributed by atoms with Crippen LogP contribution in [0.5, 0.6) is 5.75 Å². The Labute approximate surface area is 128 Å². The first-order chi connectivity index (χ1) is 10.3. The molecule has 21 heavy (non-hydrogen) atoms. The summed E-state index contributed by atoms with van der Waals surface area (Å²) in [5, 5.41) is 0.102. The summed E-state index contributed by atoms with van der Waals surface area (Å²) in [6, 6.07) is 18.1. The molecule has 0 aliphatic carbocycles. The van der Waals surface area contributed by atoms with Gasteiger partial charge in [-0.1, -0.05) is 42.5 Å². The number of hydrogen-bond acceptors (Lipinski definition) is 3. The fourth-order valence-electron chi connectivity index (χ4n) is 2.49. The van der Waals surface area contributed by atoms with Crippen LogP contribution < -0.4 is 4.74 Å². The van der Waals surface area contributed by atoms with Crippen molar-refractivity contribution >= 4 is 17.7 Å². The van der Waals surface area contributed by atoms with Crippen LogP contribution in [0.2, 0.25) is 0 Å². The molecule has 0 N–H and O–H groups in total. The van der Waals surface area contributed by atoms with Crippen LogP contribution in [0.15, 0.2) is 54.6 Å². The third-order valence-corrected chi connectivity index (χ3v) is 4.80. The van der Waals surface area contributed by atoms with E-state index in [4.69, 9.17) is 4.74 Å². The maximum absolute atomic E-state index is 12.2. The number of amides is 1. The smallest absolute Gasteiger partial charge is 0.234 e. The number of carbonyl (C=O) groups excluding carboxylic acids is 1. The van der Waals surface area contributed by atoms with Gasteiger partial charge in [-0.25, -0.2) is 0 Å². The summed E-state index contributed by atoms with van der Waals surface area (Å²) >= 11 is 1.69. The molecule has 1 heterocycles. The lowest BCUT2D eigenvalue weighted by molar-refractivity contribution is -0.128. The van der Waals surface area contributed by atoms with Gasteiger partial charge in [0.1, 0.15) is 11.1 Å². The predicted octanol–water partition coefficient (Wildman–Crippen LogP) is 3.47. The summed E-state index contributed by atoms with van der Waals surface area (Å²) < 4.78 is 5.25. The summed E-state index contributed by atoms with van der Waals surface area (Å²) in [6.07, 6.45) is 0. The van der Waals surface area contributed by atoms with Gasteiger partial charge in [-0.05, 0) is 23.3 Å². The highest BCUT2D eigenvalue weighted by Crippen LogP contribution is 2.39. The molecule has 4 heteroatoms. The molecule has 1 atom stereocenters. The second kappa shape index (κ2) is 6.22. The van der Waals surface area contributed by atoms with Crippen molar-refractivity contribution in [3.63, 3.8) is 0 Å². The fraction of sp³-hybridized carbons (Fsp3) is 0.235. The molecule has 0 radical (unpaired) electrons. The van der Waals surface area contributed by atoms with Crippen LogP contribution in [0.25, 0.3) is 0 Å². The minimum atomic E-state index is 0.102. The van der Waals surface area contributed by atoms with Gasteiger partial charge in [-0.2, -0.15) is 0 Å². The van der Waals surface area contributed by atoms with Gasteiger partial charge in [0.2, 0.25) is 5.91 Å². The fourth-order valence-corrected chi connectivity index (χ4v) is 3.67. The highest BCUT2D eigenvalue weighted by molar-refractivity contribution is 8.00. The number of benzene rings is 2. The van der Waals surface area contributed by atoms with Gasteiger partial charge in [-0.3, -0.25) is 4.79 Å². The van der Waals surface area contributed by atoms with Gasteiger partial charge in [-0.15, -0.1) is 11.8 Å². The highest BCUT2D eigenvalue weighted by atomic mass is 32.2. The number of carbonyl (C=O) groups is 1. The number of ether oxygens (including phenoxy) is 1. The molecule has 1 aliphatic rings. The molecule has 1 saturated heterocycles. The van der Waals surface area contributed by atoms with Crippen LogP contribution in [-0.2, 0) is 11.3 Å². The molecule has 0 bridgehead atoms. The van der Waals surface area contributed by atoms with E-state index in [0.717, 1.165) is 11.3 Å². The van der Waals surface area contributed by atoms with E-state index in [-0.39, 0.29) is 11.3 Å². The Hall–Kier alpha value is -1.94. The summed E-state index contributed by atoms with van der Waals surface area (Å²) in [7, 11) is 1.66. The molecule has 3 nitrogen and oxygen atoms in total. The maximum Gasteiger partial charge on any atom is 0.234 e. The Morgan fingerprint density at radius 2 is 2.00 bits per heavy atom. The van der Waals surface area contributed by atoms with E-state index >= 15 is 0 Å². The second-order valence-electron chi connectivity index (χ2n) is 4.95. The lowest BCUT2D eigenvalue weighted by atomic mass is 10.1. The van der Waals surface area contributed by atoms with Crippen molar-refractivity contribution in [2.45, 2.75) is 11.9 Å². The van der Waals surface area contributed by atoms with E-state index < -0.39 is 0 Å². The third-order valence-electron chi connectivity index (χ3n) is 3.54. The first-order valence-electron chi connectivity index (χ1n) is 6.87. The van der Waals surface area contributed by atoms with E-state index in [2.05, 4.69) is 12.1 Å². The molecule has 108 valence electrons. The number of rotatable bonds is 4. The van der Waals surface area contributed by atoms with Gasteiger partial charge in [0, 0.05) is 6.54 Å². The van der Waals surface area contributed by atoms with Crippen molar-refractivity contribution in [1.29, 1.82) is 0 Å². The molecule has 2 aromatic carbocycles. The van der Waals surface area contributed by atoms with E-state index in [0.29, 0.717) is 12.3 Å². The lowest BCUT2D eigenvalue weighted by Gasteiger charge is -2.24. The molecule has 1 amide bonds. The van der Waals surface area contributed by atoms with Crippen molar-refractivity contribution in [3.05, 3.63) is 65.7 Å². The van der Waals surface area contributed by atoms with Crippen molar-refractivity contribution < 1.29 is 9.53 Å². The van der Waals surface area contributed by atoms with Crippen molar-refractivity contribution in [1.82, 2.24) is 4.90 Å². The molecule has 0 spiro atoms. The number of hydrogen-bond donors (Lipinski definition) is 0. The van der Waals surface area contributed by atoms with Gasteiger partial charge in [0.25, 0.3) is 0 Å². The van der Waals surface area contributed by atoms with Crippen LogP contribution in [0.3, 0.4) is 0 Å². The quantitative estimate of drug-likeness (QED) is 0.866. The second-order valence-corrected chi connectivity index (χ2v) is 6.02. The molecular formula is C17H17NO2S. The van der Waals surface area contributed by atoms with Crippen LogP contribution in [-0.4, -0.2) is 23.7 Å². The monoisotopic (exact) mass is 299 g/mol. The molecule has 0 saturated carbocycles.